The number of rotatable bonds is 4. The van der Waals surface area contributed by atoms with E-state index in [1.165, 1.54) is 5.56 Å². The van der Waals surface area contributed by atoms with Gasteiger partial charge in [0.15, 0.2) is 0 Å². The molecule has 1 aromatic rings. The van der Waals surface area contributed by atoms with Crippen molar-refractivity contribution < 1.29 is 14.3 Å². The summed E-state index contributed by atoms with van der Waals surface area (Å²) in [6.45, 7) is 9.49. The molecule has 0 radical (unpaired) electrons. The van der Waals surface area contributed by atoms with Crippen LogP contribution in [0.1, 0.15) is 49.5 Å². The summed E-state index contributed by atoms with van der Waals surface area (Å²) in [5, 5.41) is 0. The van der Waals surface area contributed by atoms with Crippen molar-refractivity contribution in [2.24, 2.45) is 0 Å². The van der Waals surface area contributed by atoms with Crippen molar-refractivity contribution >= 4 is 11.8 Å². The minimum absolute atomic E-state index is 0.0478. The Bertz CT molecular complexity index is 590. The molecule has 1 fully saturated rings. The summed E-state index contributed by atoms with van der Waals surface area (Å²) in [7, 11) is 1.60. The van der Waals surface area contributed by atoms with Crippen LogP contribution in [0.4, 0.5) is 0 Å². The van der Waals surface area contributed by atoms with Crippen LogP contribution in [-0.2, 0) is 14.9 Å². The highest BCUT2D eigenvalue weighted by molar-refractivity contribution is 5.94. The van der Waals surface area contributed by atoms with Gasteiger partial charge in [-0.15, -0.1) is 0 Å². The normalized spacial score (nSPS) is 15.8. The van der Waals surface area contributed by atoms with E-state index < -0.39 is 0 Å². The van der Waals surface area contributed by atoms with Crippen molar-refractivity contribution in [2.75, 3.05) is 39.9 Å². The standard InChI is InChI=1S/C20H30N2O3/c1-20(2,3)17-8-6-16(7-9-17)19(24)22-12-5-11-21(13-14-22)18(23)10-15-25-4/h6-9H,5,10-15H2,1-4H3. The molecule has 2 amide bonds. The molecule has 5 nitrogen and oxygen atoms in total. The van der Waals surface area contributed by atoms with Gasteiger partial charge in [-0.3, -0.25) is 9.59 Å². The molecule has 0 aliphatic carbocycles. The van der Waals surface area contributed by atoms with E-state index in [2.05, 4.69) is 20.8 Å². The van der Waals surface area contributed by atoms with Crippen molar-refractivity contribution in [3.63, 3.8) is 0 Å². The lowest BCUT2D eigenvalue weighted by molar-refractivity contribution is -0.132. The Labute approximate surface area is 150 Å². The van der Waals surface area contributed by atoms with Crippen molar-refractivity contribution in [3.8, 4) is 0 Å². The van der Waals surface area contributed by atoms with Crippen LogP contribution in [-0.4, -0.2) is 61.5 Å². The third kappa shape index (κ3) is 5.30. The summed E-state index contributed by atoms with van der Waals surface area (Å²) >= 11 is 0. The van der Waals surface area contributed by atoms with Gasteiger partial charge >= 0.3 is 0 Å². The second kappa shape index (κ2) is 8.48. The van der Waals surface area contributed by atoms with Crippen molar-refractivity contribution in [1.29, 1.82) is 0 Å². The van der Waals surface area contributed by atoms with E-state index in [1.54, 1.807) is 7.11 Å². The fourth-order valence-corrected chi connectivity index (χ4v) is 3.01. The Morgan fingerprint density at radius 2 is 1.60 bits per heavy atom. The zero-order chi connectivity index (χ0) is 18.4. The Balaban J connectivity index is 1.97. The molecule has 1 aliphatic rings. The number of benzene rings is 1. The molecule has 0 bridgehead atoms. The van der Waals surface area contributed by atoms with Crippen LogP contribution in [0.15, 0.2) is 24.3 Å². The van der Waals surface area contributed by atoms with Gasteiger partial charge in [0.05, 0.1) is 13.0 Å². The minimum atomic E-state index is 0.0478. The van der Waals surface area contributed by atoms with Gasteiger partial charge in [0.25, 0.3) is 5.91 Å². The van der Waals surface area contributed by atoms with Gasteiger partial charge in [0.2, 0.25) is 5.91 Å². The maximum atomic E-state index is 12.8. The highest BCUT2D eigenvalue weighted by Gasteiger charge is 2.23. The van der Waals surface area contributed by atoms with Gasteiger partial charge in [0.1, 0.15) is 0 Å². The number of carbonyl (C=O) groups is 2. The lowest BCUT2D eigenvalue weighted by atomic mass is 9.86. The maximum Gasteiger partial charge on any atom is 0.253 e. The first-order chi connectivity index (χ1) is 11.8. The molecule has 2 rings (SSSR count). The second-order valence-electron chi connectivity index (χ2n) is 7.60. The predicted molar refractivity (Wildman–Crippen MR) is 98.7 cm³/mol. The van der Waals surface area contributed by atoms with E-state index in [9.17, 15) is 9.59 Å². The number of hydrogen-bond acceptors (Lipinski definition) is 3. The topological polar surface area (TPSA) is 49.9 Å². The highest BCUT2D eigenvalue weighted by Crippen LogP contribution is 2.22. The monoisotopic (exact) mass is 346 g/mol. The Morgan fingerprint density at radius 3 is 2.20 bits per heavy atom. The molecule has 0 unspecified atom stereocenters. The first-order valence-corrected chi connectivity index (χ1v) is 8.99. The van der Waals surface area contributed by atoms with E-state index in [-0.39, 0.29) is 17.2 Å². The predicted octanol–water partition coefficient (Wildman–Crippen LogP) is 2.70. The van der Waals surface area contributed by atoms with Gasteiger partial charge in [-0.2, -0.15) is 0 Å². The average molecular weight is 346 g/mol. The van der Waals surface area contributed by atoms with Crippen molar-refractivity contribution in [1.82, 2.24) is 9.80 Å². The number of carbonyl (C=O) groups excluding carboxylic acids is 2. The van der Waals surface area contributed by atoms with E-state index in [1.807, 2.05) is 34.1 Å². The molecule has 5 heteroatoms. The molecule has 1 aromatic carbocycles. The van der Waals surface area contributed by atoms with Crippen LogP contribution < -0.4 is 0 Å². The van der Waals surface area contributed by atoms with E-state index in [4.69, 9.17) is 4.74 Å². The molecule has 0 spiro atoms. The SMILES string of the molecule is COCCC(=O)N1CCCN(C(=O)c2ccc(C(C)(C)C)cc2)CC1. The summed E-state index contributed by atoms with van der Waals surface area (Å²) in [5.41, 5.74) is 2.01. The van der Waals surface area contributed by atoms with Crippen LogP contribution in [0.2, 0.25) is 0 Å². The van der Waals surface area contributed by atoms with Crippen LogP contribution >= 0.6 is 0 Å². The van der Waals surface area contributed by atoms with Gasteiger partial charge in [0, 0.05) is 38.9 Å². The van der Waals surface area contributed by atoms with Gasteiger partial charge in [-0.25, -0.2) is 0 Å². The molecule has 0 aromatic heterocycles. The molecule has 25 heavy (non-hydrogen) atoms. The van der Waals surface area contributed by atoms with Crippen molar-refractivity contribution in [3.05, 3.63) is 35.4 Å². The molecule has 1 saturated heterocycles. The van der Waals surface area contributed by atoms with Gasteiger partial charge in [-0.05, 0) is 29.5 Å². The van der Waals surface area contributed by atoms with E-state index >= 15 is 0 Å². The number of ether oxygens (including phenoxy) is 1. The van der Waals surface area contributed by atoms with Crippen LogP contribution in [0.5, 0.6) is 0 Å². The molecule has 0 atom stereocenters. The first-order valence-electron chi connectivity index (χ1n) is 8.99. The summed E-state index contributed by atoms with van der Waals surface area (Å²) in [6.07, 6.45) is 1.21. The quantitative estimate of drug-likeness (QED) is 0.842. The number of methoxy groups -OCH3 is 1. The average Bonchev–Trinajstić information content (AvgIpc) is 2.84. The summed E-state index contributed by atoms with van der Waals surface area (Å²) in [5.74, 6) is 0.150. The summed E-state index contributed by atoms with van der Waals surface area (Å²) in [4.78, 5) is 28.6. The minimum Gasteiger partial charge on any atom is -0.384 e. The third-order valence-corrected chi connectivity index (χ3v) is 4.65. The van der Waals surface area contributed by atoms with Crippen LogP contribution in [0, 0.1) is 0 Å². The largest absolute Gasteiger partial charge is 0.384 e. The lowest BCUT2D eigenvalue weighted by Gasteiger charge is -2.23. The number of amides is 2. The smallest absolute Gasteiger partial charge is 0.253 e. The number of nitrogens with zero attached hydrogens (tertiary/aromatic N) is 2. The Morgan fingerprint density at radius 1 is 1.00 bits per heavy atom. The fraction of sp³-hybridized carbons (Fsp3) is 0.600. The highest BCUT2D eigenvalue weighted by atomic mass is 16.5. The zero-order valence-corrected chi connectivity index (χ0v) is 15.9. The van der Waals surface area contributed by atoms with Crippen LogP contribution in [0.3, 0.4) is 0 Å². The molecule has 1 aliphatic heterocycles. The number of hydrogen-bond donors (Lipinski definition) is 0. The van der Waals surface area contributed by atoms with E-state index in [0.29, 0.717) is 44.8 Å². The second-order valence-corrected chi connectivity index (χ2v) is 7.60. The fourth-order valence-electron chi connectivity index (χ4n) is 3.01. The molecule has 138 valence electrons. The summed E-state index contributed by atoms with van der Waals surface area (Å²) < 4.78 is 4.97. The zero-order valence-electron chi connectivity index (χ0n) is 15.9. The molecule has 0 saturated carbocycles. The molecular formula is C20H30N2O3. The maximum absolute atomic E-state index is 12.8. The van der Waals surface area contributed by atoms with Gasteiger partial charge in [-0.1, -0.05) is 32.9 Å². The van der Waals surface area contributed by atoms with E-state index in [0.717, 1.165) is 6.42 Å². The Kier molecular flexibility index (Phi) is 6.59. The van der Waals surface area contributed by atoms with Crippen LogP contribution in [0.25, 0.3) is 0 Å². The molecule has 0 N–H and O–H groups in total. The Hall–Kier alpha value is -1.88. The summed E-state index contributed by atoms with van der Waals surface area (Å²) in [6, 6.07) is 7.89. The molecular weight excluding hydrogens is 316 g/mol. The molecule has 1 heterocycles. The van der Waals surface area contributed by atoms with Gasteiger partial charge < -0.3 is 14.5 Å². The lowest BCUT2D eigenvalue weighted by Crippen LogP contribution is -2.37. The van der Waals surface area contributed by atoms with Crippen molar-refractivity contribution in [2.45, 2.75) is 39.0 Å². The first kappa shape index (κ1) is 19.4. The third-order valence-electron chi connectivity index (χ3n) is 4.65.